The van der Waals surface area contributed by atoms with Crippen molar-refractivity contribution in [3.63, 3.8) is 0 Å². The van der Waals surface area contributed by atoms with E-state index in [1.165, 1.54) is 18.3 Å². The van der Waals surface area contributed by atoms with Crippen molar-refractivity contribution in [2.45, 2.75) is 31.7 Å². The van der Waals surface area contributed by atoms with Crippen molar-refractivity contribution < 1.29 is 12.9 Å². The van der Waals surface area contributed by atoms with Gasteiger partial charge in [-0.15, -0.1) is 0 Å². The Morgan fingerprint density at radius 2 is 2.10 bits per heavy atom. The Balaban J connectivity index is 2.32. The maximum atomic E-state index is 12.3. The summed E-state index contributed by atoms with van der Waals surface area (Å²) in [6, 6.07) is 2.43. The number of nitrogens with zero attached hydrogens (tertiary/aromatic N) is 2. The average Bonchev–Trinajstić information content (AvgIpc) is 2.68. The number of nitrogens with one attached hydrogen (secondary N) is 1. The third-order valence-corrected chi connectivity index (χ3v) is 4.85. The van der Waals surface area contributed by atoms with Gasteiger partial charge in [0, 0.05) is 17.8 Å². The first-order valence-electron chi connectivity index (χ1n) is 5.88. The highest BCUT2D eigenvalue weighted by Gasteiger charge is 2.24. The summed E-state index contributed by atoms with van der Waals surface area (Å²) < 4.78 is 32.2. The van der Waals surface area contributed by atoms with Gasteiger partial charge >= 0.3 is 0 Å². The van der Waals surface area contributed by atoms with E-state index < -0.39 is 16.1 Å². The standard InChI is InChI=1S/C12H14ClN3O3S/c1-7-11(9(3)19-15-7)8(2)16-20(17,18)10-5-4-6-14-12(10)13/h4-6,8,16H,1-3H3. The first-order valence-corrected chi connectivity index (χ1v) is 7.74. The predicted octanol–water partition coefficient (Wildman–Crippen LogP) is 2.38. The Bertz CT molecular complexity index is 708. The maximum Gasteiger partial charge on any atom is 0.244 e. The summed E-state index contributed by atoms with van der Waals surface area (Å²) in [6.07, 6.45) is 1.43. The molecule has 0 bridgehead atoms. The van der Waals surface area contributed by atoms with Crippen molar-refractivity contribution in [1.29, 1.82) is 0 Å². The van der Waals surface area contributed by atoms with Crippen molar-refractivity contribution in [2.24, 2.45) is 0 Å². The normalized spacial score (nSPS) is 13.4. The van der Waals surface area contributed by atoms with Crippen molar-refractivity contribution in [1.82, 2.24) is 14.9 Å². The Morgan fingerprint density at radius 1 is 1.40 bits per heavy atom. The lowest BCUT2D eigenvalue weighted by atomic mass is 10.1. The van der Waals surface area contributed by atoms with Crippen LogP contribution in [0.4, 0.5) is 0 Å². The molecule has 0 fully saturated rings. The van der Waals surface area contributed by atoms with Crippen LogP contribution in [0, 0.1) is 13.8 Å². The highest BCUT2D eigenvalue weighted by Crippen LogP contribution is 2.24. The predicted molar refractivity (Wildman–Crippen MR) is 74.0 cm³/mol. The van der Waals surface area contributed by atoms with E-state index >= 15 is 0 Å². The molecule has 20 heavy (non-hydrogen) atoms. The molecule has 6 nitrogen and oxygen atoms in total. The molecule has 0 aliphatic rings. The van der Waals surface area contributed by atoms with E-state index in [9.17, 15) is 8.42 Å². The maximum absolute atomic E-state index is 12.3. The van der Waals surface area contributed by atoms with Crippen LogP contribution < -0.4 is 4.72 Å². The Kier molecular flexibility index (Phi) is 4.12. The van der Waals surface area contributed by atoms with Crippen molar-refractivity contribution in [2.75, 3.05) is 0 Å². The van der Waals surface area contributed by atoms with Crippen molar-refractivity contribution >= 4 is 21.6 Å². The molecule has 0 aliphatic carbocycles. The van der Waals surface area contributed by atoms with Gasteiger partial charge in [-0.2, -0.15) is 0 Å². The number of aromatic nitrogens is 2. The summed E-state index contributed by atoms with van der Waals surface area (Å²) in [5, 5.41) is 3.75. The van der Waals surface area contributed by atoms with Gasteiger partial charge in [-0.3, -0.25) is 0 Å². The second-order valence-corrected chi connectivity index (χ2v) is 6.41. The first kappa shape index (κ1) is 15.0. The molecule has 0 spiro atoms. The van der Waals surface area contributed by atoms with Crippen LogP contribution in [0.3, 0.4) is 0 Å². The molecule has 2 rings (SSSR count). The molecule has 0 saturated carbocycles. The van der Waals surface area contributed by atoms with Crippen LogP contribution in [0.25, 0.3) is 0 Å². The number of aryl methyl sites for hydroxylation is 2. The Morgan fingerprint density at radius 3 is 2.65 bits per heavy atom. The van der Waals surface area contributed by atoms with Gasteiger partial charge in [0.05, 0.1) is 5.69 Å². The molecule has 108 valence electrons. The summed E-state index contributed by atoms with van der Waals surface area (Å²) in [5.74, 6) is 0.579. The molecule has 0 aromatic carbocycles. The van der Waals surface area contributed by atoms with Gasteiger partial charge in [0.2, 0.25) is 10.0 Å². The molecule has 1 N–H and O–H groups in total. The number of pyridine rings is 1. The second-order valence-electron chi connectivity index (χ2n) is 4.37. The number of rotatable bonds is 4. The molecule has 0 amide bonds. The van der Waals surface area contributed by atoms with E-state index in [0.29, 0.717) is 17.0 Å². The molecule has 2 aromatic heterocycles. The fraction of sp³-hybridized carbons (Fsp3) is 0.333. The van der Waals surface area contributed by atoms with Crippen LogP contribution in [0.15, 0.2) is 27.7 Å². The SMILES string of the molecule is Cc1noc(C)c1C(C)NS(=O)(=O)c1cccnc1Cl. The average molecular weight is 316 g/mol. The largest absolute Gasteiger partial charge is 0.361 e. The Labute approximate surface area is 122 Å². The molecule has 2 aromatic rings. The van der Waals surface area contributed by atoms with E-state index in [4.69, 9.17) is 16.1 Å². The quantitative estimate of drug-likeness (QED) is 0.875. The number of halogens is 1. The number of hydrogen-bond acceptors (Lipinski definition) is 5. The Hall–Kier alpha value is -1.44. The van der Waals surface area contributed by atoms with Gasteiger partial charge in [-0.25, -0.2) is 18.1 Å². The summed E-state index contributed by atoms with van der Waals surface area (Å²) in [5.41, 5.74) is 1.36. The number of hydrogen-bond donors (Lipinski definition) is 1. The molecule has 8 heteroatoms. The summed E-state index contributed by atoms with van der Waals surface area (Å²) in [7, 11) is -3.76. The van der Waals surface area contributed by atoms with Crippen LogP contribution in [-0.2, 0) is 10.0 Å². The summed E-state index contributed by atoms with van der Waals surface area (Å²) >= 11 is 5.82. The molecular formula is C12H14ClN3O3S. The smallest absolute Gasteiger partial charge is 0.244 e. The summed E-state index contributed by atoms with van der Waals surface area (Å²) in [6.45, 7) is 5.21. The fourth-order valence-corrected chi connectivity index (χ4v) is 3.70. The molecular weight excluding hydrogens is 302 g/mol. The van der Waals surface area contributed by atoms with E-state index in [1.54, 1.807) is 20.8 Å². The lowest BCUT2D eigenvalue weighted by molar-refractivity contribution is 0.391. The zero-order valence-corrected chi connectivity index (χ0v) is 12.8. The molecule has 0 saturated heterocycles. The fourth-order valence-electron chi connectivity index (χ4n) is 2.04. The molecule has 1 unspecified atom stereocenters. The van der Waals surface area contributed by atoms with Gasteiger partial charge in [-0.1, -0.05) is 16.8 Å². The van der Waals surface area contributed by atoms with Crippen LogP contribution in [-0.4, -0.2) is 18.6 Å². The van der Waals surface area contributed by atoms with E-state index in [0.717, 1.165) is 0 Å². The van der Waals surface area contributed by atoms with Gasteiger partial charge in [0.1, 0.15) is 15.8 Å². The second kappa shape index (κ2) is 5.51. The molecule has 0 radical (unpaired) electrons. The zero-order chi connectivity index (χ0) is 14.9. The van der Waals surface area contributed by atoms with Gasteiger partial charge in [0.25, 0.3) is 0 Å². The molecule has 2 heterocycles. The first-order chi connectivity index (χ1) is 9.33. The zero-order valence-electron chi connectivity index (χ0n) is 11.2. The van der Waals surface area contributed by atoms with E-state index in [2.05, 4.69) is 14.9 Å². The van der Waals surface area contributed by atoms with E-state index in [-0.39, 0.29) is 10.0 Å². The highest BCUT2D eigenvalue weighted by molar-refractivity contribution is 7.89. The van der Waals surface area contributed by atoms with Gasteiger partial charge in [-0.05, 0) is 32.9 Å². The minimum Gasteiger partial charge on any atom is -0.361 e. The lowest BCUT2D eigenvalue weighted by Crippen LogP contribution is -2.27. The topological polar surface area (TPSA) is 85.1 Å². The van der Waals surface area contributed by atoms with Crippen molar-refractivity contribution in [3.8, 4) is 0 Å². The molecule has 0 aliphatic heterocycles. The van der Waals surface area contributed by atoms with Crippen LogP contribution in [0.5, 0.6) is 0 Å². The highest BCUT2D eigenvalue weighted by atomic mass is 35.5. The minimum atomic E-state index is -3.76. The number of sulfonamides is 1. The monoisotopic (exact) mass is 315 g/mol. The van der Waals surface area contributed by atoms with Gasteiger partial charge < -0.3 is 4.52 Å². The molecule has 1 atom stereocenters. The van der Waals surface area contributed by atoms with Crippen LogP contribution in [0.1, 0.15) is 30.0 Å². The van der Waals surface area contributed by atoms with Gasteiger partial charge in [0.15, 0.2) is 0 Å². The lowest BCUT2D eigenvalue weighted by Gasteiger charge is -2.14. The van der Waals surface area contributed by atoms with Crippen molar-refractivity contribution in [3.05, 3.63) is 40.5 Å². The third kappa shape index (κ3) is 2.84. The third-order valence-electron chi connectivity index (χ3n) is 2.87. The summed E-state index contributed by atoms with van der Waals surface area (Å²) in [4.78, 5) is 3.71. The van der Waals surface area contributed by atoms with E-state index in [1.807, 2.05) is 0 Å². The van der Waals surface area contributed by atoms with Crippen LogP contribution >= 0.6 is 11.6 Å². The minimum absolute atomic E-state index is 0.0553. The van der Waals surface area contributed by atoms with Crippen LogP contribution in [0.2, 0.25) is 5.15 Å².